The number of hydrogen-bond acceptors (Lipinski definition) is 3. The van der Waals surface area contributed by atoms with E-state index in [2.05, 4.69) is 0 Å². The van der Waals surface area contributed by atoms with E-state index >= 15 is 0 Å². The Hall–Kier alpha value is -2.04. The SMILES string of the molecule is O=C(O)CC1CCCN1C(=O)C1COc2ccccc2C1. The number of hydrogen-bond donors (Lipinski definition) is 1. The van der Waals surface area contributed by atoms with E-state index < -0.39 is 5.97 Å². The summed E-state index contributed by atoms with van der Waals surface area (Å²) in [5.41, 5.74) is 1.05. The van der Waals surface area contributed by atoms with Gasteiger partial charge >= 0.3 is 5.97 Å². The number of carbonyl (C=O) groups is 2. The van der Waals surface area contributed by atoms with E-state index in [1.165, 1.54) is 0 Å². The highest BCUT2D eigenvalue weighted by Gasteiger charge is 2.36. The molecule has 1 aromatic carbocycles. The van der Waals surface area contributed by atoms with Crippen molar-refractivity contribution >= 4 is 11.9 Å². The van der Waals surface area contributed by atoms with Gasteiger partial charge in [0.25, 0.3) is 0 Å². The molecule has 0 aromatic heterocycles. The van der Waals surface area contributed by atoms with E-state index in [1.54, 1.807) is 4.90 Å². The fourth-order valence-corrected chi connectivity index (χ4v) is 3.26. The van der Waals surface area contributed by atoms with Gasteiger partial charge in [0.15, 0.2) is 0 Å². The van der Waals surface area contributed by atoms with Gasteiger partial charge in [-0.3, -0.25) is 9.59 Å². The summed E-state index contributed by atoms with van der Waals surface area (Å²) in [5, 5.41) is 8.95. The van der Waals surface area contributed by atoms with Gasteiger partial charge in [0.05, 0.1) is 12.3 Å². The van der Waals surface area contributed by atoms with Crippen LogP contribution < -0.4 is 4.74 Å². The smallest absolute Gasteiger partial charge is 0.305 e. The topological polar surface area (TPSA) is 66.8 Å². The molecule has 0 bridgehead atoms. The minimum absolute atomic E-state index is 0.0354. The van der Waals surface area contributed by atoms with Crippen molar-refractivity contribution in [3.05, 3.63) is 29.8 Å². The molecule has 2 aliphatic rings. The first-order valence-electron chi connectivity index (χ1n) is 7.38. The van der Waals surface area contributed by atoms with E-state index in [1.807, 2.05) is 24.3 Å². The highest BCUT2D eigenvalue weighted by molar-refractivity contribution is 5.81. The normalized spacial score (nSPS) is 24.3. The van der Waals surface area contributed by atoms with Gasteiger partial charge in [0.1, 0.15) is 12.4 Å². The number of para-hydroxylation sites is 1. The molecule has 21 heavy (non-hydrogen) atoms. The number of aliphatic carboxylic acids is 1. The summed E-state index contributed by atoms with van der Waals surface area (Å²) in [6, 6.07) is 7.60. The van der Waals surface area contributed by atoms with Crippen molar-refractivity contribution in [3.63, 3.8) is 0 Å². The number of amides is 1. The minimum Gasteiger partial charge on any atom is -0.492 e. The van der Waals surface area contributed by atoms with Gasteiger partial charge < -0.3 is 14.7 Å². The highest BCUT2D eigenvalue weighted by atomic mass is 16.5. The number of rotatable bonds is 3. The lowest BCUT2D eigenvalue weighted by Gasteiger charge is -2.31. The second kappa shape index (κ2) is 5.76. The summed E-state index contributed by atoms with van der Waals surface area (Å²) < 4.78 is 5.67. The monoisotopic (exact) mass is 289 g/mol. The summed E-state index contributed by atoms with van der Waals surface area (Å²) in [4.78, 5) is 25.3. The van der Waals surface area contributed by atoms with Crippen LogP contribution in [0.2, 0.25) is 0 Å². The number of fused-ring (bicyclic) bond motifs is 1. The van der Waals surface area contributed by atoms with Crippen LogP contribution in [0.15, 0.2) is 24.3 Å². The quantitative estimate of drug-likeness (QED) is 0.919. The number of likely N-dealkylation sites (tertiary alicyclic amines) is 1. The second-order valence-corrected chi connectivity index (χ2v) is 5.75. The molecule has 2 unspecified atom stereocenters. The molecule has 1 aromatic rings. The molecule has 0 radical (unpaired) electrons. The molecule has 1 N–H and O–H groups in total. The molecule has 3 rings (SSSR count). The van der Waals surface area contributed by atoms with Crippen LogP contribution in [0.1, 0.15) is 24.8 Å². The zero-order valence-electron chi connectivity index (χ0n) is 11.8. The third-order valence-electron chi connectivity index (χ3n) is 4.30. The summed E-state index contributed by atoms with van der Waals surface area (Å²) in [6.45, 7) is 1.04. The van der Waals surface area contributed by atoms with E-state index in [0.29, 0.717) is 19.6 Å². The number of benzene rings is 1. The molecule has 5 nitrogen and oxygen atoms in total. The van der Waals surface area contributed by atoms with Crippen molar-refractivity contribution in [2.24, 2.45) is 5.92 Å². The van der Waals surface area contributed by atoms with E-state index in [9.17, 15) is 9.59 Å². The molecule has 0 spiro atoms. The summed E-state index contributed by atoms with van der Waals surface area (Å²) in [5.74, 6) is -0.155. The molecule has 0 aliphatic carbocycles. The average Bonchev–Trinajstić information content (AvgIpc) is 2.93. The summed E-state index contributed by atoms with van der Waals surface area (Å²) in [7, 11) is 0. The van der Waals surface area contributed by atoms with Crippen molar-refractivity contribution in [3.8, 4) is 5.75 Å². The van der Waals surface area contributed by atoms with E-state index in [-0.39, 0.29) is 24.3 Å². The van der Waals surface area contributed by atoms with Gasteiger partial charge in [-0.1, -0.05) is 18.2 Å². The first-order valence-corrected chi connectivity index (χ1v) is 7.38. The Morgan fingerprint density at radius 2 is 2.14 bits per heavy atom. The first-order chi connectivity index (χ1) is 10.1. The Kier molecular flexibility index (Phi) is 3.82. The molecule has 2 atom stereocenters. The molecule has 112 valence electrons. The van der Waals surface area contributed by atoms with Gasteiger partial charge in [0.2, 0.25) is 5.91 Å². The molecule has 2 aliphatic heterocycles. The summed E-state index contributed by atoms with van der Waals surface area (Å²) >= 11 is 0. The van der Waals surface area contributed by atoms with Crippen molar-refractivity contribution in [2.45, 2.75) is 31.7 Å². The van der Waals surface area contributed by atoms with Crippen LogP contribution in [0.25, 0.3) is 0 Å². The highest BCUT2D eigenvalue weighted by Crippen LogP contribution is 2.30. The van der Waals surface area contributed by atoms with Crippen LogP contribution in [-0.2, 0) is 16.0 Å². The van der Waals surface area contributed by atoms with E-state index in [0.717, 1.165) is 24.2 Å². The van der Waals surface area contributed by atoms with Crippen molar-refractivity contribution in [1.82, 2.24) is 4.90 Å². The maximum atomic E-state index is 12.7. The van der Waals surface area contributed by atoms with Crippen molar-refractivity contribution in [2.75, 3.05) is 13.2 Å². The lowest BCUT2D eigenvalue weighted by atomic mass is 9.95. The number of nitrogens with zero attached hydrogens (tertiary/aromatic N) is 1. The number of ether oxygens (including phenoxy) is 1. The predicted molar refractivity (Wildman–Crippen MR) is 76.1 cm³/mol. The molecule has 1 saturated heterocycles. The van der Waals surface area contributed by atoms with Gasteiger partial charge in [-0.25, -0.2) is 0 Å². The van der Waals surface area contributed by atoms with Crippen LogP contribution >= 0.6 is 0 Å². The van der Waals surface area contributed by atoms with Crippen LogP contribution in [0.5, 0.6) is 5.75 Å². The lowest BCUT2D eigenvalue weighted by Crippen LogP contribution is -2.43. The third-order valence-corrected chi connectivity index (χ3v) is 4.30. The Balaban J connectivity index is 1.70. The largest absolute Gasteiger partial charge is 0.492 e. The van der Waals surface area contributed by atoms with Gasteiger partial charge in [0, 0.05) is 12.6 Å². The Labute approximate surface area is 123 Å². The molecule has 1 amide bonds. The van der Waals surface area contributed by atoms with Crippen LogP contribution in [0, 0.1) is 5.92 Å². The lowest BCUT2D eigenvalue weighted by molar-refractivity contribution is -0.141. The average molecular weight is 289 g/mol. The maximum Gasteiger partial charge on any atom is 0.305 e. The standard InChI is InChI=1S/C16H19NO4/c18-15(19)9-13-5-3-7-17(13)16(20)12-8-11-4-1-2-6-14(11)21-10-12/h1-2,4,6,12-13H,3,5,7-10H2,(H,18,19). The zero-order chi connectivity index (χ0) is 14.8. The van der Waals surface area contributed by atoms with Crippen molar-refractivity contribution in [1.29, 1.82) is 0 Å². The number of carboxylic acid groups (broad SMARTS) is 1. The molecular formula is C16H19NO4. The second-order valence-electron chi connectivity index (χ2n) is 5.75. The maximum absolute atomic E-state index is 12.7. The van der Waals surface area contributed by atoms with Gasteiger partial charge in [-0.15, -0.1) is 0 Å². The molecule has 2 heterocycles. The Morgan fingerprint density at radius 3 is 2.95 bits per heavy atom. The minimum atomic E-state index is -0.843. The van der Waals surface area contributed by atoms with Crippen LogP contribution in [-0.4, -0.2) is 41.1 Å². The Morgan fingerprint density at radius 1 is 1.33 bits per heavy atom. The number of carboxylic acids is 1. The van der Waals surface area contributed by atoms with Gasteiger partial charge in [-0.05, 0) is 30.9 Å². The predicted octanol–water partition coefficient (Wildman–Crippen LogP) is 1.70. The summed E-state index contributed by atoms with van der Waals surface area (Å²) in [6.07, 6.45) is 2.37. The van der Waals surface area contributed by atoms with Crippen LogP contribution in [0.3, 0.4) is 0 Å². The molecule has 5 heteroatoms. The molecular weight excluding hydrogens is 270 g/mol. The fraction of sp³-hybridized carbons (Fsp3) is 0.500. The molecule has 0 saturated carbocycles. The zero-order valence-corrected chi connectivity index (χ0v) is 11.8. The van der Waals surface area contributed by atoms with Crippen molar-refractivity contribution < 1.29 is 19.4 Å². The van der Waals surface area contributed by atoms with E-state index in [4.69, 9.17) is 9.84 Å². The van der Waals surface area contributed by atoms with Gasteiger partial charge in [-0.2, -0.15) is 0 Å². The molecule has 1 fully saturated rings. The Bertz CT molecular complexity index is 557. The number of carbonyl (C=O) groups excluding carboxylic acids is 1. The first kappa shape index (κ1) is 13.9. The fourth-order valence-electron chi connectivity index (χ4n) is 3.26. The third kappa shape index (κ3) is 2.86. The van der Waals surface area contributed by atoms with Crippen LogP contribution in [0.4, 0.5) is 0 Å².